The van der Waals surface area contributed by atoms with E-state index in [0.29, 0.717) is 12.4 Å². The maximum atomic E-state index is 11.9. The fourth-order valence-electron chi connectivity index (χ4n) is 2.02. The van der Waals surface area contributed by atoms with Gasteiger partial charge in [0.15, 0.2) is 11.6 Å². The van der Waals surface area contributed by atoms with Crippen LogP contribution in [0.4, 0.5) is 0 Å². The van der Waals surface area contributed by atoms with Crippen LogP contribution in [-0.2, 0) is 6.54 Å². The van der Waals surface area contributed by atoms with Crippen LogP contribution in [0.3, 0.4) is 0 Å². The molecule has 3 rings (SSSR count). The number of hydrogen-bond donors (Lipinski definition) is 1. The van der Waals surface area contributed by atoms with Gasteiger partial charge in [-0.15, -0.1) is 5.10 Å². The Balaban J connectivity index is 1.70. The zero-order chi connectivity index (χ0) is 16.1. The molecule has 8 heteroatoms. The molecule has 1 aromatic carbocycles. The summed E-state index contributed by atoms with van der Waals surface area (Å²) in [6, 6.07) is 10.6. The standard InChI is InChI=1S/C15H15N5O3/c1-2-22-12-7-5-11(6-8-12)20-14(17-18-19-20)10-16-15(21)13-4-3-9-23-13/h3-9H,2,10H2,1H3,(H,16,21). The Morgan fingerprint density at radius 3 is 2.83 bits per heavy atom. The van der Waals surface area contributed by atoms with E-state index < -0.39 is 0 Å². The molecule has 0 saturated carbocycles. The summed E-state index contributed by atoms with van der Waals surface area (Å²) < 4.78 is 12.0. The lowest BCUT2D eigenvalue weighted by Gasteiger charge is -2.07. The predicted molar refractivity (Wildman–Crippen MR) is 80.2 cm³/mol. The number of carbonyl (C=O) groups excluding carboxylic acids is 1. The Hall–Kier alpha value is -3.16. The fraction of sp³-hybridized carbons (Fsp3) is 0.200. The summed E-state index contributed by atoms with van der Waals surface area (Å²) in [7, 11) is 0. The van der Waals surface area contributed by atoms with Crippen LogP contribution in [0.15, 0.2) is 47.1 Å². The van der Waals surface area contributed by atoms with Gasteiger partial charge in [0, 0.05) is 0 Å². The third-order valence-electron chi connectivity index (χ3n) is 3.08. The quantitative estimate of drug-likeness (QED) is 0.742. The average Bonchev–Trinajstić information content (AvgIpc) is 3.25. The summed E-state index contributed by atoms with van der Waals surface area (Å²) in [5.74, 6) is 1.20. The number of nitrogens with zero attached hydrogens (tertiary/aromatic N) is 4. The maximum Gasteiger partial charge on any atom is 0.287 e. The summed E-state index contributed by atoms with van der Waals surface area (Å²) in [5.41, 5.74) is 0.778. The molecule has 118 valence electrons. The van der Waals surface area contributed by atoms with Gasteiger partial charge in [0.2, 0.25) is 0 Å². The molecule has 0 unspecified atom stereocenters. The number of hydrogen-bond acceptors (Lipinski definition) is 6. The highest BCUT2D eigenvalue weighted by atomic mass is 16.5. The van der Waals surface area contributed by atoms with Crippen LogP contribution < -0.4 is 10.1 Å². The molecule has 1 amide bonds. The van der Waals surface area contributed by atoms with Crippen LogP contribution in [-0.4, -0.2) is 32.7 Å². The number of furan rings is 1. The number of ether oxygens (including phenoxy) is 1. The molecule has 0 saturated heterocycles. The molecule has 2 aromatic heterocycles. The molecule has 3 aromatic rings. The van der Waals surface area contributed by atoms with Crippen molar-refractivity contribution in [2.45, 2.75) is 13.5 Å². The van der Waals surface area contributed by atoms with Crippen molar-refractivity contribution in [2.24, 2.45) is 0 Å². The number of rotatable bonds is 6. The Kier molecular flexibility index (Phi) is 4.32. The largest absolute Gasteiger partial charge is 0.494 e. The second kappa shape index (κ2) is 6.73. The lowest BCUT2D eigenvalue weighted by Crippen LogP contribution is -2.24. The maximum absolute atomic E-state index is 11.9. The van der Waals surface area contributed by atoms with Gasteiger partial charge in [-0.1, -0.05) is 0 Å². The van der Waals surface area contributed by atoms with Gasteiger partial charge in [0.05, 0.1) is 25.1 Å². The van der Waals surface area contributed by atoms with Crippen LogP contribution in [0.1, 0.15) is 23.3 Å². The first kappa shape index (κ1) is 14.8. The highest BCUT2D eigenvalue weighted by molar-refractivity contribution is 5.91. The second-order valence-electron chi connectivity index (χ2n) is 4.59. The molecule has 2 heterocycles. The molecule has 0 bridgehead atoms. The lowest BCUT2D eigenvalue weighted by molar-refractivity contribution is 0.0922. The predicted octanol–water partition coefficient (Wildman–Crippen LogP) is 1.58. The minimum atomic E-state index is -0.323. The van der Waals surface area contributed by atoms with E-state index >= 15 is 0 Å². The van der Waals surface area contributed by atoms with Gasteiger partial charge in [-0.3, -0.25) is 4.79 Å². The molecule has 0 aliphatic carbocycles. The number of carbonyl (C=O) groups is 1. The Labute approximate surface area is 132 Å². The van der Waals surface area contributed by atoms with Gasteiger partial charge in [0.1, 0.15) is 5.75 Å². The van der Waals surface area contributed by atoms with Crippen molar-refractivity contribution in [3.63, 3.8) is 0 Å². The van der Waals surface area contributed by atoms with Gasteiger partial charge < -0.3 is 14.5 Å². The zero-order valence-electron chi connectivity index (χ0n) is 12.5. The smallest absolute Gasteiger partial charge is 0.287 e. The van der Waals surface area contributed by atoms with E-state index in [1.54, 1.807) is 16.8 Å². The number of tetrazole rings is 1. The van der Waals surface area contributed by atoms with Crippen LogP contribution in [0.5, 0.6) is 5.75 Å². The molecular formula is C15H15N5O3. The normalized spacial score (nSPS) is 10.5. The van der Waals surface area contributed by atoms with Gasteiger partial charge in [0.25, 0.3) is 5.91 Å². The molecule has 23 heavy (non-hydrogen) atoms. The van der Waals surface area contributed by atoms with Crippen LogP contribution in [0.2, 0.25) is 0 Å². The molecule has 0 atom stereocenters. The monoisotopic (exact) mass is 313 g/mol. The summed E-state index contributed by atoms with van der Waals surface area (Å²) in [6.07, 6.45) is 1.44. The van der Waals surface area contributed by atoms with Gasteiger partial charge >= 0.3 is 0 Å². The lowest BCUT2D eigenvalue weighted by atomic mass is 10.3. The SMILES string of the molecule is CCOc1ccc(-n2nnnc2CNC(=O)c2ccco2)cc1. The van der Waals surface area contributed by atoms with Crippen molar-refractivity contribution in [3.05, 3.63) is 54.2 Å². The van der Waals surface area contributed by atoms with E-state index in [-0.39, 0.29) is 18.2 Å². The van der Waals surface area contributed by atoms with Gasteiger partial charge in [-0.25, -0.2) is 0 Å². The van der Waals surface area contributed by atoms with Crippen LogP contribution in [0.25, 0.3) is 5.69 Å². The summed E-state index contributed by atoms with van der Waals surface area (Å²) in [6.45, 7) is 2.71. The zero-order valence-corrected chi connectivity index (χ0v) is 12.5. The molecule has 0 aliphatic heterocycles. The Morgan fingerprint density at radius 2 is 2.13 bits per heavy atom. The highest BCUT2D eigenvalue weighted by Crippen LogP contribution is 2.15. The van der Waals surface area contributed by atoms with Crippen molar-refractivity contribution in [2.75, 3.05) is 6.61 Å². The van der Waals surface area contributed by atoms with Crippen molar-refractivity contribution in [3.8, 4) is 11.4 Å². The molecule has 1 N–H and O–H groups in total. The number of amides is 1. The highest BCUT2D eigenvalue weighted by Gasteiger charge is 2.12. The fourth-order valence-corrected chi connectivity index (χ4v) is 2.02. The summed E-state index contributed by atoms with van der Waals surface area (Å²) >= 11 is 0. The Morgan fingerprint density at radius 1 is 1.30 bits per heavy atom. The third kappa shape index (κ3) is 3.37. The molecule has 0 aliphatic rings. The van der Waals surface area contributed by atoms with Crippen LogP contribution in [0, 0.1) is 0 Å². The van der Waals surface area contributed by atoms with E-state index in [9.17, 15) is 4.79 Å². The number of nitrogens with one attached hydrogen (secondary N) is 1. The molecular weight excluding hydrogens is 298 g/mol. The molecule has 0 spiro atoms. The van der Waals surface area contributed by atoms with Crippen molar-refractivity contribution < 1.29 is 13.9 Å². The first-order chi connectivity index (χ1) is 11.3. The third-order valence-corrected chi connectivity index (χ3v) is 3.08. The van der Waals surface area contributed by atoms with E-state index in [1.807, 2.05) is 31.2 Å². The van der Waals surface area contributed by atoms with Crippen molar-refractivity contribution in [1.82, 2.24) is 25.5 Å². The topological polar surface area (TPSA) is 95.1 Å². The van der Waals surface area contributed by atoms with Gasteiger partial charge in [-0.2, -0.15) is 4.68 Å². The van der Waals surface area contributed by atoms with Crippen molar-refractivity contribution in [1.29, 1.82) is 0 Å². The molecule has 8 nitrogen and oxygen atoms in total. The molecule has 0 fully saturated rings. The minimum absolute atomic E-state index is 0.180. The Bertz CT molecular complexity index is 765. The second-order valence-corrected chi connectivity index (χ2v) is 4.59. The minimum Gasteiger partial charge on any atom is -0.494 e. The summed E-state index contributed by atoms with van der Waals surface area (Å²) in [5, 5.41) is 14.2. The van der Waals surface area contributed by atoms with Crippen molar-refractivity contribution >= 4 is 5.91 Å². The average molecular weight is 313 g/mol. The number of benzene rings is 1. The van der Waals surface area contributed by atoms with E-state index in [2.05, 4.69) is 20.8 Å². The van der Waals surface area contributed by atoms with E-state index in [0.717, 1.165) is 11.4 Å². The first-order valence-electron chi connectivity index (χ1n) is 7.10. The van der Waals surface area contributed by atoms with Crippen LogP contribution >= 0.6 is 0 Å². The molecule has 0 radical (unpaired) electrons. The van der Waals surface area contributed by atoms with E-state index in [1.165, 1.54) is 6.26 Å². The van der Waals surface area contributed by atoms with E-state index in [4.69, 9.17) is 9.15 Å². The summed E-state index contributed by atoms with van der Waals surface area (Å²) in [4.78, 5) is 11.9. The van der Waals surface area contributed by atoms with Gasteiger partial charge in [-0.05, 0) is 53.7 Å². The first-order valence-corrected chi connectivity index (χ1v) is 7.10. The number of aromatic nitrogens is 4.